The second kappa shape index (κ2) is 5.83. The lowest BCUT2D eigenvalue weighted by molar-refractivity contribution is 0.139. The summed E-state index contributed by atoms with van der Waals surface area (Å²) in [7, 11) is 0. The molecule has 1 unspecified atom stereocenters. The summed E-state index contributed by atoms with van der Waals surface area (Å²) in [6, 6.07) is 10.2. The maximum Gasteiger partial charge on any atom is 0.0692 e. The molecule has 0 saturated carbocycles. The summed E-state index contributed by atoms with van der Waals surface area (Å²) < 4.78 is -0.163. The number of aliphatic hydroxyl groups excluding tert-OH is 1. The number of aliphatic hydroxyl groups is 1. The average Bonchev–Trinajstić information content (AvgIpc) is 2.19. The van der Waals surface area contributed by atoms with Gasteiger partial charge in [0.25, 0.3) is 0 Å². The van der Waals surface area contributed by atoms with Crippen LogP contribution >= 0.6 is 24.4 Å². The standard InChI is InChI=1S/C12H18OS2/c1-12(2,11(13)8-9-14)15-10-6-4-3-5-7-10/h3-7,11,13-14H,8-9H2,1-2H3. The SMILES string of the molecule is CC(C)(Sc1ccccc1)C(O)CCS. The van der Waals surface area contributed by atoms with Gasteiger partial charge in [-0.25, -0.2) is 0 Å². The minimum Gasteiger partial charge on any atom is -0.392 e. The van der Waals surface area contributed by atoms with Gasteiger partial charge in [0.05, 0.1) is 6.10 Å². The molecule has 0 aromatic heterocycles. The van der Waals surface area contributed by atoms with Gasteiger partial charge in [0, 0.05) is 9.64 Å². The van der Waals surface area contributed by atoms with Crippen molar-refractivity contribution in [2.75, 3.05) is 5.75 Å². The van der Waals surface area contributed by atoms with Crippen molar-refractivity contribution < 1.29 is 5.11 Å². The molecule has 0 aliphatic heterocycles. The average molecular weight is 242 g/mol. The Balaban J connectivity index is 2.63. The van der Waals surface area contributed by atoms with E-state index < -0.39 is 0 Å². The van der Waals surface area contributed by atoms with Crippen molar-refractivity contribution in [2.45, 2.75) is 36.0 Å². The largest absolute Gasteiger partial charge is 0.392 e. The lowest BCUT2D eigenvalue weighted by atomic mass is 10.0. The zero-order valence-electron chi connectivity index (χ0n) is 9.18. The van der Waals surface area contributed by atoms with E-state index in [2.05, 4.69) is 38.6 Å². The van der Waals surface area contributed by atoms with Crippen LogP contribution in [-0.2, 0) is 0 Å². The van der Waals surface area contributed by atoms with Crippen LogP contribution < -0.4 is 0 Å². The monoisotopic (exact) mass is 242 g/mol. The van der Waals surface area contributed by atoms with Crippen molar-refractivity contribution >= 4 is 24.4 Å². The van der Waals surface area contributed by atoms with E-state index >= 15 is 0 Å². The van der Waals surface area contributed by atoms with E-state index in [1.165, 1.54) is 4.90 Å². The summed E-state index contributed by atoms with van der Waals surface area (Å²) in [6.07, 6.45) is 0.413. The summed E-state index contributed by atoms with van der Waals surface area (Å²) in [5.74, 6) is 0.722. The minimum atomic E-state index is -0.319. The molecule has 84 valence electrons. The van der Waals surface area contributed by atoms with Gasteiger partial charge in [-0.3, -0.25) is 0 Å². The Morgan fingerprint density at radius 1 is 1.33 bits per heavy atom. The van der Waals surface area contributed by atoms with Crippen LogP contribution in [0.3, 0.4) is 0 Å². The van der Waals surface area contributed by atoms with Crippen LogP contribution in [0, 0.1) is 0 Å². The molecule has 0 bridgehead atoms. The summed E-state index contributed by atoms with van der Waals surface area (Å²) in [5.41, 5.74) is 0. The summed E-state index contributed by atoms with van der Waals surface area (Å²) >= 11 is 5.86. The molecule has 0 heterocycles. The summed E-state index contributed by atoms with van der Waals surface area (Å²) in [4.78, 5) is 1.20. The number of hydrogen-bond acceptors (Lipinski definition) is 3. The molecule has 1 aromatic rings. The second-order valence-corrected chi connectivity index (χ2v) is 6.22. The van der Waals surface area contributed by atoms with Crippen LogP contribution in [0.15, 0.2) is 35.2 Å². The Morgan fingerprint density at radius 3 is 2.47 bits per heavy atom. The fourth-order valence-corrected chi connectivity index (χ4v) is 2.73. The summed E-state index contributed by atoms with van der Waals surface area (Å²) in [6.45, 7) is 4.14. The fourth-order valence-electron chi connectivity index (χ4n) is 1.33. The highest BCUT2D eigenvalue weighted by molar-refractivity contribution is 8.00. The molecule has 15 heavy (non-hydrogen) atoms. The van der Waals surface area contributed by atoms with Gasteiger partial charge >= 0.3 is 0 Å². The van der Waals surface area contributed by atoms with Gasteiger partial charge in [-0.1, -0.05) is 18.2 Å². The van der Waals surface area contributed by atoms with E-state index in [-0.39, 0.29) is 10.9 Å². The lowest BCUT2D eigenvalue weighted by Gasteiger charge is -2.29. The molecule has 0 radical (unpaired) electrons. The van der Waals surface area contributed by atoms with Crippen LogP contribution in [0.1, 0.15) is 20.3 Å². The molecule has 1 aromatic carbocycles. The van der Waals surface area contributed by atoms with E-state index in [4.69, 9.17) is 0 Å². The van der Waals surface area contributed by atoms with E-state index in [1.807, 2.05) is 18.2 Å². The van der Waals surface area contributed by atoms with E-state index in [0.717, 1.165) is 12.2 Å². The lowest BCUT2D eigenvalue weighted by Crippen LogP contribution is -2.33. The Hall–Kier alpha value is -0.120. The van der Waals surface area contributed by atoms with Crippen LogP contribution in [0.4, 0.5) is 0 Å². The van der Waals surface area contributed by atoms with Gasteiger partial charge in [0.15, 0.2) is 0 Å². The maximum absolute atomic E-state index is 9.97. The van der Waals surface area contributed by atoms with Gasteiger partial charge in [-0.2, -0.15) is 12.6 Å². The van der Waals surface area contributed by atoms with Crippen LogP contribution in [0.5, 0.6) is 0 Å². The van der Waals surface area contributed by atoms with Gasteiger partial charge in [0.2, 0.25) is 0 Å². The normalized spacial score (nSPS) is 13.9. The van der Waals surface area contributed by atoms with Gasteiger partial charge < -0.3 is 5.11 Å². The number of rotatable bonds is 5. The smallest absolute Gasteiger partial charge is 0.0692 e. The molecule has 1 nitrogen and oxygen atoms in total. The molecule has 3 heteroatoms. The zero-order chi connectivity index (χ0) is 11.3. The fraction of sp³-hybridized carbons (Fsp3) is 0.500. The van der Waals surface area contributed by atoms with Crippen LogP contribution in [0.25, 0.3) is 0 Å². The molecule has 1 N–H and O–H groups in total. The Morgan fingerprint density at radius 2 is 1.93 bits per heavy atom. The highest BCUT2D eigenvalue weighted by atomic mass is 32.2. The van der Waals surface area contributed by atoms with E-state index in [1.54, 1.807) is 11.8 Å². The third-order valence-corrected chi connectivity index (χ3v) is 3.89. The molecule has 1 atom stereocenters. The van der Waals surface area contributed by atoms with Crippen molar-refractivity contribution in [2.24, 2.45) is 0 Å². The van der Waals surface area contributed by atoms with Crippen molar-refractivity contribution in [1.82, 2.24) is 0 Å². The first kappa shape index (κ1) is 12.9. The van der Waals surface area contributed by atoms with Crippen molar-refractivity contribution in [3.05, 3.63) is 30.3 Å². The molecule has 0 saturated heterocycles. The molecule has 0 spiro atoms. The van der Waals surface area contributed by atoms with Crippen LogP contribution in [-0.4, -0.2) is 21.7 Å². The molecular weight excluding hydrogens is 224 g/mol. The molecular formula is C12H18OS2. The van der Waals surface area contributed by atoms with Crippen molar-refractivity contribution in [1.29, 1.82) is 0 Å². The minimum absolute atomic E-state index is 0.163. The Bertz CT molecular complexity index is 285. The van der Waals surface area contributed by atoms with Gasteiger partial charge in [-0.15, -0.1) is 11.8 Å². The number of thioether (sulfide) groups is 1. The number of hydrogen-bond donors (Lipinski definition) is 2. The highest BCUT2D eigenvalue weighted by Gasteiger charge is 2.28. The quantitative estimate of drug-likeness (QED) is 0.610. The van der Waals surface area contributed by atoms with Gasteiger partial charge in [-0.05, 0) is 38.2 Å². The molecule has 0 amide bonds. The number of thiol groups is 1. The third-order valence-electron chi connectivity index (χ3n) is 2.33. The third kappa shape index (κ3) is 4.09. The molecule has 0 aliphatic rings. The van der Waals surface area contributed by atoms with E-state index in [0.29, 0.717) is 0 Å². The topological polar surface area (TPSA) is 20.2 Å². The van der Waals surface area contributed by atoms with Crippen molar-refractivity contribution in [3.8, 4) is 0 Å². The Labute approximate surface area is 102 Å². The van der Waals surface area contributed by atoms with Crippen LogP contribution in [0.2, 0.25) is 0 Å². The predicted molar refractivity (Wildman–Crippen MR) is 70.9 cm³/mol. The predicted octanol–water partition coefficient (Wildman–Crippen LogP) is 3.24. The molecule has 0 aliphatic carbocycles. The summed E-state index contributed by atoms with van der Waals surface area (Å²) in [5, 5.41) is 9.97. The Kier molecular flexibility index (Phi) is 5.03. The zero-order valence-corrected chi connectivity index (χ0v) is 10.9. The molecule has 1 rings (SSSR count). The first-order valence-electron chi connectivity index (χ1n) is 5.09. The first-order valence-corrected chi connectivity index (χ1v) is 6.54. The first-order chi connectivity index (χ1) is 7.06. The number of benzene rings is 1. The van der Waals surface area contributed by atoms with Crippen molar-refractivity contribution in [3.63, 3.8) is 0 Å². The highest BCUT2D eigenvalue weighted by Crippen LogP contribution is 2.35. The molecule has 0 fully saturated rings. The van der Waals surface area contributed by atoms with E-state index in [9.17, 15) is 5.11 Å². The second-order valence-electron chi connectivity index (χ2n) is 4.05. The maximum atomic E-state index is 9.97. The van der Waals surface area contributed by atoms with Gasteiger partial charge in [0.1, 0.15) is 0 Å².